The number of rotatable bonds is 6. The molecule has 1 fully saturated rings. The van der Waals surface area contributed by atoms with Crippen LogP contribution in [0, 0.1) is 5.92 Å². The third-order valence-electron chi connectivity index (χ3n) is 5.16. The zero-order valence-electron chi connectivity index (χ0n) is 17.1. The van der Waals surface area contributed by atoms with Crippen LogP contribution >= 0.6 is 23.8 Å². The van der Waals surface area contributed by atoms with Crippen LogP contribution in [0.5, 0.6) is 0 Å². The summed E-state index contributed by atoms with van der Waals surface area (Å²) in [4.78, 5) is 18.0. The molecule has 2 aromatic heterocycles. The zero-order valence-corrected chi connectivity index (χ0v) is 18.7. The second-order valence-corrected chi connectivity index (χ2v) is 8.67. The summed E-state index contributed by atoms with van der Waals surface area (Å²) in [6, 6.07) is 13.7. The average Bonchev–Trinajstić information content (AvgIpc) is 3.33. The number of carboxylic acid groups (broad SMARTS) is 1. The minimum atomic E-state index is -1.02. The molecule has 3 heterocycles. The van der Waals surface area contributed by atoms with E-state index in [1.807, 2.05) is 30.3 Å². The normalized spacial score (nSPS) is 18.5. The molecule has 0 bridgehead atoms. The monoisotopic (exact) mass is 455 g/mol. The smallest absolute Gasteiger partial charge is 0.335 e. The van der Waals surface area contributed by atoms with Crippen molar-refractivity contribution in [2.45, 2.75) is 25.9 Å². The number of aromatic nitrogens is 1. The largest absolute Gasteiger partial charge is 0.478 e. The molecule has 8 heteroatoms. The van der Waals surface area contributed by atoms with Crippen LogP contribution in [0.1, 0.15) is 47.7 Å². The van der Waals surface area contributed by atoms with E-state index < -0.39 is 5.97 Å². The lowest BCUT2D eigenvalue weighted by Crippen LogP contribution is -2.32. The highest BCUT2D eigenvalue weighted by Gasteiger charge is 2.41. The van der Waals surface area contributed by atoms with Crippen LogP contribution in [0.3, 0.4) is 0 Å². The Hall–Kier alpha value is -2.90. The Morgan fingerprint density at radius 3 is 2.77 bits per heavy atom. The van der Waals surface area contributed by atoms with Gasteiger partial charge in [-0.05, 0) is 60.6 Å². The van der Waals surface area contributed by atoms with Crippen LogP contribution in [-0.2, 0) is 0 Å². The molecule has 160 valence electrons. The maximum atomic E-state index is 11.4. The minimum Gasteiger partial charge on any atom is -0.478 e. The molecule has 1 aliphatic rings. The van der Waals surface area contributed by atoms with Crippen molar-refractivity contribution in [1.29, 1.82) is 0 Å². The average molecular weight is 456 g/mol. The quantitative estimate of drug-likeness (QED) is 0.487. The number of nitrogens with zero attached hydrogens (tertiary/aromatic N) is 2. The first-order valence-corrected chi connectivity index (χ1v) is 10.7. The standard InChI is InChI=1S/C23H22ClN3O3S/c1-13(2)12-27-21(20(26-23(27)31)17-5-3-4-10-25-17)19-9-8-18(30-19)15-11-14(22(28)29)6-7-16(15)24/h3-11,13,20-21H,12H2,1-2H3,(H,26,31)(H,28,29). The molecule has 2 atom stereocenters. The highest BCUT2D eigenvalue weighted by molar-refractivity contribution is 7.80. The van der Waals surface area contributed by atoms with Crippen molar-refractivity contribution in [3.05, 3.63) is 76.8 Å². The van der Waals surface area contributed by atoms with Gasteiger partial charge in [-0.2, -0.15) is 0 Å². The van der Waals surface area contributed by atoms with Gasteiger partial charge in [0.1, 0.15) is 17.6 Å². The van der Waals surface area contributed by atoms with Crippen LogP contribution in [-0.4, -0.2) is 32.6 Å². The Morgan fingerprint density at radius 1 is 1.29 bits per heavy atom. The fraction of sp³-hybridized carbons (Fsp3) is 0.261. The summed E-state index contributed by atoms with van der Waals surface area (Å²) in [7, 11) is 0. The van der Waals surface area contributed by atoms with Crippen molar-refractivity contribution in [3.63, 3.8) is 0 Å². The van der Waals surface area contributed by atoms with E-state index in [2.05, 4.69) is 29.0 Å². The van der Waals surface area contributed by atoms with Crippen molar-refractivity contribution < 1.29 is 14.3 Å². The Kier molecular flexibility index (Phi) is 5.98. The first-order valence-electron chi connectivity index (χ1n) is 9.96. The maximum Gasteiger partial charge on any atom is 0.335 e. The fourth-order valence-electron chi connectivity index (χ4n) is 3.81. The number of hydrogen-bond donors (Lipinski definition) is 2. The van der Waals surface area contributed by atoms with Crippen LogP contribution in [0.4, 0.5) is 0 Å². The van der Waals surface area contributed by atoms with Crippen LogP contribution in [0.2, 0.25) is 5.02 Å². The summed E-state index contributed by atoms with van der Waals surface area (Å²) in [5.41, 5.74) is 1.55. The maximum absolute atomic E-state index is 11.4. The van der Waals surface area contributed by atoms with Crippen molar-refractivity contribution in [3.8, 4) is 11.3 Å². The summed E-state index contributed by atoms with van der Waals surface area (Å²) in [5, 5.41) is 13.8. The second kappa shape index (κ2) is 8.69. The molecule has 4 rings (SSSR count). The zero-order chi connectivity index (χ0) is 22.1. The van der Waals surface area contributed by atoms with E-state index in [1.54, 1.807) is 12.3 Å². The summed E-state index contributed by atoms with van der Waals surface area (Å²) >= 11 is 12.0. The summed E-state index contributed by atoms with van der Waals surface area (Å²) < 4.78 is 6.23. The molecule has 1 aromatic carbocycles. The molecule has 3 aromatic rings. The number of carboxylic acids is 1. The molecule has 0 aliphatic carbocycles. The highest BCUT2D eigenvalue weighted by atomic mass is 35.5. The lowest BCUT2D eigenvalue weighted by molar-refractivity contribution is 0.0697. The van der Waals surface area contributed by atoms with Gasteiger partial charge in [-0.1, -0.05) is 31.5 Å². The van der Waals surface area contributed by atoms with E-state index in [0.29, 0.717) is 33.1 Å². The molecule has 6 nitrogen and oxygen atoms in total. The number of halogens is 1. The molecule has 31 heavy (non-hydrogen) atoms. The molecule has 1 saturated heterocycles. The highest BCUT2D eigenvalue weighted by Crippen LogP contribution is 2.41. The number of benzene rings is 1. The van der Waals surface area contributed by atoms with Crippen molar-refractivity contribution in [2.24, 2.45) is 5.92 Å². The number of furan rings is 1. The van der Waals surface area contributed by atoms with Gasteiger partial charge in [0.25, 0.3) is 0 Å². The Bertz CT molecular complexity index is 1120. The second-order valence-electron chi connectivity index (χ2n) is 7.87. The van der Waals surface area contributed by atoms with Crippen LogP contribution < -0.4 is 5.32 Å². The van der Waals surface area contributed by atoms with E-state index in [9.17, 15) is 9.90 Å². The molecule has 0 radical (unpaired) electrons. The molecular formula is C23H22ClN3O3S. The Balaban J connectivity index is 1.75. The number of carbonyl (C=O) groups is 1. The lowest BCUT2D eigenvalue weighted by Gasteiger charge is -2.27. The molecular weight excluding hydrogens is 434 g/mol. The van der Waals surface area contributed by atoms with E-state index >= 15 is 0 Å². The fourth-order valence-corrected chi connectivity index (χ4v) is 4.33. The van der Waals surface area contributed by atoms with Gasteiger partial charge in [0, 0.05) is 18.3 Å². The summed E-state index contributed by atoms with van der Waals surface area (Å²) in [6.45, 7) is 5.03. The van der Waals surface area contributed by atoms with Gasteiger partial charge in [0.15, 0.2) is 5.11 Å². The van der Waals surface area contributed by atoms with Gasteiger partial charge < -0.3 is 19.7 Å². The molecule has 1 aliphatic heterocycles. The van der Waals surface area contributed by atoms with Crippen LogP contribution in [0.15, 0.2) is 59.1 Å². The third-order valence-corrected chi connectivity index (χ3v) is 5.84. The predicted octanol–water partition coefficient (Wildman–Crippen LogP) is 5.32. The number of nitrogens with one attached hydrogen (secondary N) is 1. The number of aromatic carboxylic acids is 1. The van der Waals surface area contributed by atoms with Crippen molar-refractivity contribution >= 4 is 34.9 Å². The van der Waals surface area contributed by atoms with Gasteiger partial charge in [-0.3, -0.25) is 4.98 Å². The van der Waals surface area contributed by atoms with E-state index in [-0.39, 0.29) is 17.6 Å². The first-order chi connectivity index (χ1) is 14.8. The number of thiocarbonyl (C=S) groups is 1. The summed E-state index contributed by atoms with van der Waals surface area (Å²) in [5.74, 6) is 0.579. The van der Waals surface area contributed by atoms with Gasteiger partial charge in [-0.15, -0.1) is 0 Å². The molecule has 2 unspecified atom stereocenters. The number of pyridine rings is 1. The molecule has 0 saturated carbocycles. The predicted molar refractivity (Wildman–Crippen MR) is 123 cm³/mol. The van der Waals surface area contributed by atoms with Gasteiger partial charge in [-0.25, -0.2) is 4.79 Å². The Labute approximate surface area is 190 Å². The number of hydrogen-bond acceptors (Lipinski definition) is 4. The van der Waals surface area contributed by atoms with Crippen LogP contribution in [0.25, 0.3) is 11.3 Å². The van der Waals surface area contributed by atoms with Crippen molar-refractivity contribution in [2.75, 3.05) is 6.54 Å². The summed E-state index contributed by atoms with van der Waals surface area (Å²) in [6.07, 6.45) is 1.76. The lowest BCUT2D eigenvalue weighted by atomic mass is 10.0. The molecule has 0 spiro atoms. The van der Waals surface area contributed by atoms with E-state index in [0.717, 1.165) is 12.2 Å². The van der Waals surface area contributed by atoms with Gasteiger partial charge >= 0.3 is 5.97 Å². The molecule has 2 N–H and O–H groups in total. The minimum absolute atomic E-state index is 0.147. The first kappa shape index (κ1) is 21.3. The molecule has 0 amide bonds. The van der Waals surface area contributed by atoms with E-state index in [4.69, 9.17) is 28.2 Å². The van der Waals surface area contributed by atoms with Gasteiger partial charge in [0.05, 0.1) is 22.3 Å². The SMILES string of the molecule is CC(C)CN1C(=S)NC(c2ccccn2)C1c1ccc(-c2cc(C(=O)O)ccc2Cl)o1. The van der Waals surface area contributed by atoms with Gasteiger partial charge in [0.2, 0.25) is 0 Å². The topological polar surface area (TPSA) is 78.6 Å². The van der Waals surface area contributed by atoms with Crippen molar-refractivity contribution in [1.82, 2.24) is 15.2 Å². The Morgan fingerprint density at radius 2 is 2.10 bits per heavy atom. The van der Waals surface area contributed by atoms with E-state index in [1.165, 1.54) is 12.1 Å². The third kappa shape index (κ3) is 4.29.